The summed E-state index contributed by atoms with van der Waals surface area (Å²) in [5.41, 5.74) is 0.314. The molecule has 4 nitrogen and oxygen atoms in total. The molecule has 0 amide bonds. The molecule has 0 radical (unpaired) electrons. The van der Waals surface area contributed by atoms with Crippen LogP contribution in [0.15, 0.2) is 0 Å². The van der Waals surface area contributed by atoms with Gasteiger partial charge in [-0.25, -0.2) is 4.98 Å². The number of aromatic nitrogens is 1. The van der Waals surface area contributed by atoms with Crippen LogP contribution in [0.4, 0.5) is 0 Å². The molecule has 2 fully saturated rings. The molecule has 20 heavy (non-hydrogen) atoms. The predicted octanol–water partition coefficient (Wildman–Crippen LogP) is 2.68. The molecule has 0 unspecified atom stereocenters. The summed E-state index contributed by atoms with van der Waals surface area (Å²) in [5.74, 6) is 0. The summed E-state index contributed by atoms with van der Waals surface area (Å²) in [7, 11) is -0.337. The van der Waals surface area contributed by atoms with Crippen LogP contribution in [0.1, 0.15) is 52.7 Å². The third-order valence-corrected chi connectivity index (χ3v) is 5.67. The lowest BCUT2D eigenvalue weighted by Crippen LogP contribution is -2.41. The number of hydrogen-bond donors (Lipinski definition) is 0. The van der Waals surface area contributed by atoms with Crippen LogP contribution in [0.5, 0.6) is 5.19 Å². The van der Waals surface area contributed by atoms with Crippen molar-refractivity contribution >= 4 is 23.2 Å². The molecule has 1 aromatic heterocycles. The quantitative estimate of drug-likeness (QED) is 0.804. The summed E-state index contributed by atoms with van der Waals surface area (Å²) < 4.78 is 19.1. The fourth-order valence-corrected chi connectivity index (χ4v) is 3.17. The average molecular weight is 295 g/mol. The molecule has 0 aromatic carbocycles. The van der Waals surface area contributed by atoms with Gasteiger partial charge in [-0.05, 0) is 53.9 Å². The Balaban J connectivity index is 1.77. The highest BCUT2D eigenvalue weighted by Gasteiger charge is 2.53. The second-order valence-corrected chi connectivity index (χ2v) is 7.68. The summed E-state index contributed by atoms with van der Waals surface area (Å²) in [5, 5.41) is 0.747. The molecule has 1 aromatic rings. The van der Waals surface area contributed by atoms with Crippen LogP contribution >= 0.6 is 11.3 Å². The number of thiazole rings is 1. The van der Waals surface area contributed by atoms with Gasteiger partial charge in [0, 0.05) is 0 Å². The van der Waals surface area contributed by atoms with E-state index in [1.165, 1.54) is 6.42 Å². The van der Waals surface area contributed by atoms with Crippen LogP contribution in [0.2, 0.25) is 0 Å². The van der Waals surface area contributed by atoms with Crippen molar-refractivity contribution in [3.63, 3.8) is 0 Å². The predicted molar refractivity (Wildman–Crippen MR) is 80.8 cm³/mol. The molecule has 0 spiro atoms. The first-order chi connectivity index (χ1) is 9.28. The summed E-state index contributed by atoms with van der Waals surface area (Å²) in [4.78, 5) is 4.51. The lowest BCUT2D eigenvalue weighted by atomic mass is 9.86. The second-order valence-electron chi connectivity index (χ2n) is 6.69. The minimum absolute atomic E-state index is 0.316. The zero-order chi connectivity index (χ0) is 14.5. The lowest BCUT2D eigenvalue weighted by Gasteiger charge is -2.32. The van der Waals surface area contributed by atoms with Crippen LogP contribution in [-0.4, -0.2) is 29.4 Å². The summed E-state index contributed by atoms with van der Waals surface area (Å²) >= 11 is 1.55. The van der Waals surface area contributed by atoms with E-state index in [0.717, 1.165) is 28.5 Å². The van der Waals surface area contributed by atoms with Gasteiger partial charge in [0.25, 0.3) is 5.19 Å². The van der Waals surface area contributed by atoms with E-state index in [2.05, 4.69) is 32.7 Å². The zero-order valence-corrected chi connectivity index (χ0v) is 13.7. The van der Waals surface area contributed by atoms with Gasteiger partial charge in [0.05, 0.1) is 21.7 Å². The van der Waals surface area contributed by atoms with Crippen molar-refractivity contribution in [3.05, 3.63) is 5.69 Å². The third-order valence-electron chi connectivity index (χ3n) is 4.60. The van der Waals surface area contributed by atoms with Crippen molar-refractivity contribution in [1.29, 1.82) is 0 Å². The van der Waals surface area contributed by atoms with Gasteiger partial charge in [-0.15, -0.1) is 0 Å². The van der Waals surface area contributed by atoms with E-state index in [-0.39, 0.29) is 18.3 Å². The fourth-order valence-electron chi connectivity index (χ4n) is 2.23. The molecule has 1 saturated carbocycles. The fraction of sp³-hybridized carbons (Fsp3) is 0.786. The molecule has 3 rings (SSSR count). The smallest absolute Gasteiger partial charge is 0.467 e. The monoisotopic (exact) mass is 295 g/mol. The van der Waals surface area contributed by atoms with E-state index >= 15 is 0 Å². The topological polar surface area (TPSA) is 40.6 Å². The van der Waals surface area contributed by atoms with Crippen molar-refractivity contribution in [2.24, 2.45) is 0 Å². The van der Waals surface area contributed by atoms with Gasteiger partial charge in [-0.2, -0.15) is 0 Å². The zero-order valence-electron chi connectivity index (χ0n) is 12.9. The second kappa shape index (κ2) is 4.72. The minimum atomic E-state index is -0.337. The number of aryl methyl sites for hydroxylation is 1. The van der Waals surface area contributed by atoms with E-state index in [4.69, 9.17) is 14.0 Å². The van der Waals surface area contributed by atoms with Gasteiger partial charge in [0.1, 0.15) is 6.10 Å². The van der Waals surface area contributed by atoms with Crippen LogP contribution in [0, 0.1) is 6.92 Å². The maximum Gasteiger partial charge on any atom is 0.507 e. The van der Waals surface area contributed by atoms with Gasteiger partial charge in [0.2, 0.25) is 0 Å². The van der Waals surface area contributed by atoms with Gasteiger partial charge < -0.3 is 14.0 Å². The Hall–Kier alpha value is -0.585. The largest absolute Gasteiger partial charge is 0.507 e. The minimum Gasteiger partial charge on any atom is -0.467 e. The van der Waals surface area contributed by atoms with E-state index < -0.39 is 0 Å². The van der Waals surface area contributed by atoms with Crippen molar-refractivity contribution in [2.75, 3.05) is 0 Å². The number of nitrogens with zero attached hydrogens (tertiary/aromatic N) is 1. The van der Waals surface area contributed by atoms with Crippen LogP contribution in [-0.2, 0) is 9.31 Å². The molecule has 1 aliphatic heterocycles. The molecule has 0 atom stereocenters. The molecular weight excluding hydrogens is 273 g/mol. The van der Waals surface area contributed by atoms with Gasteiger partial charge in [-0.1, -0.05) is 11.3 Å². The molecule has 1 aliphatic carbocycles. The summed E-state index contributed by atoms with van der Waals surface area (Å²) in [6.45, 7) is 10.2. The number of ether oxygens (including phenoxy) is 1. The van der Waals surface area contributed by atoms with Crippen LogP contribution < -0.4 is 9.51 Å². The van der Waals surface area contributed by atoms with Crippen molar-refractivity contribution < 1.29 is 14.0 Å². The normalized spacial score (nSPS) is 24.8. The Morgan fingerprint density at radius 1 is 1.20 bits per heavy atom. The molecule has 0 N–H and O–H groups in total. The standard InChI is InChI=1S/C14H22BNO3S/c1-9-11(15-18-13(2,3)14(4,5)19-15)20-12(16-9)17-10-7-6-8-10/h10H,6-8H2,1-5H3. The molecule has 1 saturated heterocycles. The number of rotatable bonds is 3. The Kier molecular flexibility index (Phi) is 3.38. The lowest BCUT2D eigenvalue weighted by molar-refractivity contribution is 0.00578. The Labute approximate surface area is 125 Å². The average Bonchev–Trinajstić information content (AvgIpc) is 2.72. The highest BCUT2D eigenvalue weighted by atomic mass is 32.1. The van der Waals surface area contributed by atoms with Gasteiger partial charge in [0.15, 0.2) is 0 Å². The molecule has 6 heteroatoms. The summed E-state index contributed by atoms with van der Waals surface area (Å²) in [6.07, 6.45) is 3.90. The van der Waals surface area contributed by atoms with Gasteiger partial charge in [-0.3, -0.25) is 0 Å². The van der Waals surface area contributed by atoms with E-state index in [1.807, 2.05) is 6.92 Å². The van der Waals surface area contributed by atoms with E-state index in [0.29, 0.717) is 6.10 Å². The first-order valence-electron chi connectivity index (χ1n) is 7.28. The molecule has 0 bridgehead atoms. The molecule has 110 valence electrons. The molecular formula is C14H22BNO3S. The highest BCUT2D eigenvalue weighted by Crippen LogP contribution is 2.37. The Morgan fingerprint density at radius 3 is 2.30 bits per heavy atom. The number of hydrogen-bond acceptors (Lipinski definition) is 5. The van der Waals surface area contributed by atoms with Crippen molar-refractivity contribution in [3.8, 4) is 5.19 Å². The van der Waals surface area contributed by atoms with Crippen LogP contribution in [0.3, 0.4) is 0 Å². The SMILES string of the molecule is Cc1nc(OC2CCC2)sc1B1OC(C)(C)C(C)(C)O1. The first-order valence-corrected chi connectivity index (χ1v) is 8.10. The Bertz CT molecular complexity index is 495. The molecule has 2 aliphatic rings. The maximum absolute atomic E-state index is 6.08. The Morgan fingerprint density at radius 2 is 1.80 bits per heavy atom. The highest BCUT2D eigenvalue weighted by molar-refractivity contribution is 7.23. The maximum atomic E-state index is 6.08. The van der Waals surface area contributed by atoms with E-state index in [9.17, 15) is 0 Å². The van der Waals surface area contributed by atoms with Crippen LogP contribution in [0.25, 0.3) is 0 Å². The van der Waals surface area contributed by atoms with Gasteiger partial charge >= 0.3 is 7.12 Å². The first kappa shape index (κ1) is 14.4. The van der Waals surface area contributed by atoms with E-state index in [1.54, 1.807) is 11.3 Å². The van der Waals surface area contributed by atoms with Crippen molar-refractivity contribution in [2.45, 2.75) is 71.2 Å². The third kappa shape index (κ3) is 2.38. The van der Waals surface area contributed by atoms with Crippen molar-refractivity contribution in [1.82, 2.24) is 4.98 Å². The summed E-state index contributed by atoms with van der Waals surface area (Å²) in [6, 6.07) is 0. The molecule has 2 heterocycles.